The summed E-state index contributed by atoms with van der Waals surface area (Å²) in [6, 6.07) is -0.865. The largest absolute Gasteiger partial charge is 0.394 e. The number of nitrogens with one attached hydrogen (secondary N) is 1. The molecule has 0 spiro atoms. The van der Waals surface area contributed by atoms with Crippen molar-refractivity contribution in [2.45, 2.75) is 12.5 Å². The number of primary amides is 1. The molecule has 82 valence electrons. The van der Waals surface area contributed by atoms with Crippen molar-refractivity contribution in [2.75, 3.05) is 18.1 Å². The minimum atomic E-state index is -0.865. The van der Waals surface area contributed by atoms with Crippen LogP contribution in [-0.4, -0.2) is 46.4 Å². The highest BCUT2D eigenvalue weighted by Gasteiger charge is 2.05. The first-order valence-corrected chi connectivity index (χ1v) is 5.17. The van der Waals surface area contributed by atoms with Crippen LogP contribution in [-0.2, 0) is 4.79 Å². The van der Waals surface area contributed by atoms with E-state index in [1.165, 1.54) is 11.8 Å². The minimum absolute atomic E-state index is 0.158. The molecule has 0 saturated carbocycles. The molecule has 14 heavy (non-hydrogen) atoms. The third-order valence-electron chi connectivity index (χ3n) is 1.26. The van der Waals surface area contributed by atoms with Gasteiger partial charge in [0.15, 0.2) is 0 Å². The molecule has 0 aliphatic carbocycles. The van der Waals surface area contributed by atoms with Crippen molar-refractivity contribution >= 4 is 23.7 Å². The predicted molar refractivity (Wildman–Crippen MR) is 52.8 cm³/mol. The highest BCUT2D eigenvalue weighted by Crippen LogP contribution is 2.04. The Hall–Kier alpha value is -0.790. The van der Waals surface area contributed by atoms with E-state index in [4.69, 9.17) is 15.9 Å². The van der Waals surface area contributed by atoms with Crippen molar-refractivity contribution in [3.05, 3.63) is 0 Å². The van der Waals surface area contributed by atoms with Crippen LogP contribution in [0.3, 0.4) is 0 Å². The number of amides is 3. The summed E-state index contributed by atoms with van der Waals surface area (Å²) in [4.78, 5) is 21.0. The first kappa shape index (κ1) is 13.2. The Morgan fingerprint density at radius 3 is 2.64 bits per heavy atom. The Bertz CT molecular complexity index is 200. The molecule has 0 aliphatic rings. The Balaban J connectivity index is 3.36. The average molecular weight is 222 g/mol. The van der Waals surface area contributed by atoms with Gasteiger partial charge in [-0.15, -0.1) is 0 Å². The molecule has 0 aromatic rings. The molecule has 1 unspecified atom stereocenters. The van der Waals surface area contributed by atoms with Crippen LogP contribution in [0.1, 0.15) is 6.42 Å². The summed E-state index contributed by atoms with van der Waals surface area (Å²) < 4.78 is 0. The zero-order chi connectivity index (χ0) is 11.0. The average Bonchev–Trinajstić information content (AvgIpc) is 2.10. The standard InChI is InChI=1S/C7H14N2O4S/c8-7(13)9-6(12)1-2-14-4-5(11)3-10/h5,10-11H,1-4H2,(H3,8,9,12,13). The van der Waals surface area contributed by atoms with E-state index in [0.717, 1.165) is 0 Å². The molecular weight excluding hydrogens is 208 g/mol. The summed E-state index contributed by atoms with van der Waals surface area (Å²) in [6.45, 7) is -0.291. The van der Waals surface area contributed by atoms with Gasteiger partial charge in [-0.05, 0) is 0 Å². The molecule has 0 saturated heterocycles. The molecule has 7 heteroatoms. The maximum absolute atomic E-state index is 10.8. The number of nitrogens with two attached hydrogens (primary N) is 1. The van der Waals surface area contributed by atoms with Gasteiger partial charge in [0.1, 0.15) is 0 Å². The van der Waals surface area contributed by atoms with Gasteiger partial charge in [-0.2, -0.15) is 11.8 Å². The third kappa shape index (κ3) is 7.84. The number of carbonyl (C=O) groups is 2. The van der Waals surface area contributed by atoms with Crippen molar-refractivity contribution in [1.82, 2.24) is 5.32 Å². The smallest absolute Gasteiger partial charge is 0.318 e. The van der Waals surface area contributed by atoms with Gasteiger partial charge in [0.05, 0.1) is 12.7 Å². The number of hydrogen-bond acceptors (Lipinski definition) is 5. The fourth-order valence-electron chi connectivity index (χ4n) is 0.637. The zero-order valence-corrected chi connectivity index (χ0v) is 8.42. The maximum Gasteiger partial charge on any atom is 0.318 e. The van der Waals surface area contributed by atoms with Gasteiger partial charge in [0.2, 0.25) is 5.91 Å². The van der Waals surface area contributed by atoms with E-state index in [1.807, 2.05) is 5.32 Å². The summed E-state index contributed by atoms with van der Waals surface area (Å²) in [7, 11) is 0. The lowest BCUT2D eigenvalue weighted by Gasteiger charge is -2.05. The molecule has 0 aromatic heterocycles. The van der Waals surface area contributed by atoms with E-state index in [2.05, 4.69) is 0 Å². The summed E-state index contributed by atoms with van der Waals surface area (Å²) in [5, 5.41) is 19.3. The fourth-order valence-corrected chi connectivity index (χ4v) is 1.51. The highest BCUT2D eigenvalue weighted by molar-refractivity contribution is 7.99. The molecule has 0 aliphatic heterocycles. The van der Waals surface area contributed by atoms with Crippen LogP contribution in [0.2, 0.25) is 0 Å². The van der Waals surface area contributed by atoms with Crippen molar-refractivity contribution in [3.63, 3.8) is 0 Å². The summed E-state index contributed by atoms with van der Waals surface area (Å²) >= 11 is 1.32. The van der Waals surface area contributed by atoms with Gasteiger partial charge in [-0.1, -0.05) is 0 Å². The van der Waals surface area contributed by atoms with Crippen LogP contribution in [0, 0.1) is 0 Å². The van der Waals surface area contributed by atoms with Crippen molar-refractivity contribution < 1.29 is 19.8 Å². The summed E-state index contributed by atoms with van der Waals surface area (Å²) in [6.07, 6.45) is -0.606. The van der Waals surface area contributed by atoms with Gasteiger partial charge in [0.25, 0.3) is 0 Å². The molecule has 1 atom stereocenters. The summed E-state index contributed by atoms with van der Waals surface area (Å²) in [5.41, 5.74) is 4.72. The molecule has 0 bridgehead atoms. The minimum Gasteiger partial charge on any atom is -0.394 e. The normalized spacial score (nSPS) is 12.1. The zero-order valence-electron chi connectivity index (χ0n) is 7.60. The van der Waals surface area contributed by atoms with E-state index < -0.39 is 18.0 Å². The quantitative estimate of drug-likeness (QED) is 0.415. The first-order valence-electron chi connectivity index (χ1n) is 4.02. The third-order valence-corrected chi connectivity index (χ3v) is 2.37. The number of imide groups is 1. The van der Waals surface area contributed by atoms with Crippen molar-refractivity contribution in [2.24, 2.45) is 5.73 Å². The van der Waals surface area contributed by atoms with E-state index in [-0.39, 0.29) is 13.0 Å². The Labute approximate surface area is 85.9 Å². The number of thioether (sulfide) groups is 1. The van der Waals surface area contributed by atoms with Crippen LogP contribution >= 0.6 is 11.8 Å². The second kappa shape index (κ2) is 7.60. The topological polar surface area (TPSA) is 113 Å². The lowest BCUT2D eigenvalue weighted by molar-refractivity contribution is -0.119. The Kier molecular flexibility index (Phi) is 7.17. The first-order chi connectivity index (χ1) is 6.56. The number of aliphatic hydroxyl groups is 2. The number of rotatable bonds is 6. The van der Waals surface area contributed by atoms with Crippen molar-refractivity contribution in [1.29, 1.82) is 0 Å². The van der Waals surface area contributed by atoms with Crippen LogP contribution < -0.4 is 11.1 Å². The van der Waals surface area contributed by atoms with Crippen LogP contribution in [0.5, 0.6) is 0 Å². The fraction of sp³-hybridized carbons (Fsp3) is 0.714. The molecule has 0 radical (unpaired) electrons. The second-order valence-corrected chi connectivity index (χ2v) is 3.72. The second-order valence-electron chi connectivity index (χ2n) is 2.57. The lowest BCUT2D eigenvalue weighted by Crippen LogP contribution is -2.35. The Morgan fingerprint density at radius 2 is 2.14 bits per heavy atom. The molecule has 0 rings (SSSR count). The van der Waals surface area contributed by atoms with E-state index in [0.29, 0.717) is 11.5 Å². The molecule has 0 fully saturated rings. The molecule has 6 nitrogen and oxygen atoms in total. The maximum atomic E-state index is 10.8. The van der Waals surface area contributed by atoms with E-state index >= 15 is 0 Å². The lowest BCUT2D eigenvalue weighted by atomic mass is 10.4. The Morgan fingerprint density at radius 1 is 1.50 bits per heavy atom. The number of hydrogen-bond donors (Lipinski definition) is 4. The van der Waals surface area contributed by atoms with E-state index in [1.54, 1.807) is 0 Å². The monoisotopic (exact) mass is 222 g/mol. The van der Waals surface area contributed by atoms with Crippen LogP contribution in [0.15, 0.2) is 0 Å². The molecule has 0 heterocycles. The van der Waals surface area contributed by atoms with Gasteiger partial charge >= 0.3 is 6.03 Å². The number of urea groups is 1. The number of aliphatic hydroxyl groups excluding tert-OH is 2. The van der Waals surface area contributed by atoms with Crippen LogP contribution in [0.25, 0.3) is 0 Å². The van der Waals surface area contributed by atoms with Crippen LogP contribution in [0.4, 0.5) is 4.79 Å². The molecule has 0 aromatic carbocycles. The molecule has 5 N–H and O–H groups in total. The van der Waals surface area contributed by atoms with Gasteiger partial charge < -0.3 is 15.9 Å². The van der Waals surface area contributed by atoms with Gasteiger partial charge in [-0.3, -0.25) is 10.1 Å². The van der Waals surface area contributed by atoms with Gasteiger partial charge in [-0.25, -0.2) is 4.79 Å². The number of carbonyl (C=O) groups excluding carboxylic acids is 2. The van der Waals surface area contributed by atoms with Gasteiger partial charge in [0, 0.05) is 17.9 Å². The SMILES string of the molecule is NC(=O)NC(=O)CCSCC(O)CO. The highest BCUT2D eigenvalue weighted by atomic mass is 32.2. The molecular formula is C7H14N2O4S. The van der Waals surface area contributed by atoms with E-state index in [9.17, 15) is 9.59 Å². The summed E-state index contributed by atoms with van der Waals surface area (Å²) in [5.74, 6) is 0.389. The van der Waals surface area contributed by atoms with Crippen molar-refractivity contribution in [3.8, 4) is 0 Å². The predicted octanol–water partition coefficient (Wildman–Crippen LogP) is -1.34. The molecule has 3 amide bonds.